The molecule has 0 amide bonds. The van der Waals surface area contributed by atoms with Gasteiger partial charge in [-0.05, 0) is 48.6 Å². The second-order valence-corrected chi connectivity index (χ2v) is 5.25. The normalized spacial score (nSPS) is 16.1. The van der Waals surface area contributed by atoms with Crippen molar-refractivity contribution >= 4 is 0 Å². The molecule has 1 saturated carbocycles. The average molecular weight is 253 g/mol. The highest BCUT2D eigenvalue weighted by Crippen LogP contribution is 2.29. The van der Waals surface area contributed by atoms with Gasteiger partial charge in [-0.15, -0.1) is 0 Å². The van der Waals surface area contributed by atoms with Crippen LogP contribution < -0.4 is 10.5 Å². The third-order valence-electron chi connectivity index (χ3n) is 3.45. The Morgan fingerprint density at radius 2 is 1.47 bits per heavy atom. The fourth-order valence-electron chi connectivity index (χ4n) is 2.08. The molecule has 2 aromatic carbocycles. The maximum absolute atomic E-state index is 5.86. The molecule has 0 saturated heterocycles. The minimum absolute atomic E-state index is 0.0865. The van der Waals surface area contributed by atoms with Gasteiger partial charge in [0.15, 0.2) is 0 Å². The lowest BCUT2D eigenvalue weighted by molar-refractivity contribution is 0.303. The zero-order valence-corrected chi connectivity index (χ0v) is 11.2. The zero-order chi connectivity index (χ0) is 13.2. The maximum atomic E-state index is 5.86. The van der Waals surface area contributed by atoms with Gasteiger partial charge in [0.1, 0.15) is 5.75 Å². The molecule has 2 nitrogen and oxygen atoms in total. The highest BCUT2D eigenvalue weighted by Gasteiger charge is 2.23. The monoisotopic (exact) mass is 253 g/mol. The van der Waals surface area contributed by atoms with Crippen molar-refractivity contribution in [1.29, 1.82) is 0 Å². The summed E-state index contributed by atoms with van der Waals surface area (Å²) in [5.41, 5.74) is 9.44. The van der Waals surface area contributed by atoms with E-state index in [0.29, 0.717) is 6.10 Å². The first-order chi connectivity index (χ1) is 9.22. The van der Waals surface area contributed by atoms with Gasteiger partial charge in [-0.3, -0.25) is 0 Å². The van der Waals surface area contributed by atoms with Crippen molar-refractivity contribution in [3.63, 3.8) is 0 Å². The second kappa shape index (κ2) is 5.06. The predicted molar refractivity (Wildman–Crippen MR) is 78.1 cm³/mol. The molecule has 0 heterocycles. The largest absolute Gasteiger partial charge is 0.490 e. The van der Waals surface area contributed by atoms with E-state index in [2.05, 4.69) is 36.4 Å². The highest BCUT2D eigenvalue weighted by molar-refractivity contribution is 5.64. The Hall–Kier alpha value is -1.80. The van der Waals surface area contributed by atoms with Crippen LogP contribution in [0.5, 0.6) is 5.75 Å². The van der Waals surface area contributed by atoms with Gasteiger partial charge in [-0.1, -0.05) is 36.4 Å². The molecule has 0 aliphatic heterocycles. The summed E-state index contributed by atoms with van der Waals surface area (Å²) >= 11 is 0. The van der Waals surface area contributed by atoms with E-state index >= 15 is 0 Å². The van der Waals surface area contributed by atoms with E-state index in [1.807, 2.05) is 19.1 Å². The second-order valence-electron chi connectivity index (χ2n) is 5.25. The minimum atomic E-state index is 0.0865. The Bertz CT molecular complexity index is 538. The first-order valence-electron chi connectivity index (χ1n) is 6.85. The van der Waals surface area contributed by atoms with Crippen LogP contribution in [-0.4, -0.2) is 6.10 Å². The lowest BCUT2D eigenvalue weighted by Gasteiger charge is -2.08. The van der Waals surface area contributed by atoms with Crippen molar-refractivity contribution in [2.24, 2.45) is 5.73 Å². The van der Waals surface area contributed by atoms with Gasteiger partial charge < -0.3 is 10.5 Å². The van der Waals surface area contributed by atoms with Crippen molar-refractivity contribution in [2.75, 3.05) is 0 Å². The molecule has 3 rings (SSSR count). The van der Waals surface area contributed by atoms with Crippen LogP contribution in [0.1, 0.15) is 31.4 Å². The average Bonchev–Trinajstić information content (AvgIpc) is 3.24. The minimum Gasteiger partial charge on any atom is -0.490 e. The van der Waals surface area contributed by atoms with Crippen LogP contribution in [0.2, 0.25) is 0 Å². The summed E-state index contributed by atoms with van der Waals surface area (Å²) in [4.78, 5) is 0. The van der Waals surface area contributed by atoms with Crippen LogP contribution in [0.4, 0.5) is 0 Å². The standard InChI is InChI=1S/C17H19NO/c1-12(18)13-2-4-14(5-3-13)15-6-8-16(9-7-15)19-17-10-11-17/h2-9,12,17H,10-11,18H2,1H3. The lowest BCUT2D eigenvalue weighted by Crippen LogP contribution is -2.04. The number of benzene rings is 2. The topological polar surface area (TPSA) is 35.2 Å². The Morgan fingerprint density at radius 3 is 1.95 bits per heavy atom. The van der Waals surface area contributed by atoms with E-state index < -0.39 is 0 Å². The number of nitrogens with two attached hydrogens (primary N) is 1. The van der Waals surface area contributed by atoms with Crippen LogP contribution in [0, 0.1) is 0 Å². The van der Waals surface area contributed by atoms with Gasteiger partial charge >= 0.3 is 0 Å². The van der Waals surface area contributed by atoms with Crippen LogP contribution in [0.15, 0.2) is 48.5 Å². The molecule has 1 atom stereocenters. The molecule has 1 aliphatic rings. The summed E-state index contributed by atoms with van der Waals surface area (Å²) in [5, 5.41) is 0. The van der Waals surface area contributed by atoms with Gasteiger partial charge in [0, 0.05) is 6.04 Å². The Morgan fingerprint density at radius 1 is 0.947 bits per heavy atom. The summed E-state index contributed by atoms with van der Waals surface area (Å²) in [6.07, 6.45) is 2.84. The van der Waals surface area contributed by atoms with Crippen molar-refractivity contribution in [3.05, 3.63) is 54.1 Å². The fourth-order valence-corrected chi connectivity index (χ4v) is 2.08. The first kappa shape index (κ1) is 12.2. The maximum Gasteiger partial charge on any atom is 0.119 e. The van der Waals surface area contributed by atoms with Crippen molar-refractivity contribution < 1.29 is 4.74 Å². The molecular weight excluding hydrogens is 234 g/mol. The van der Waals surface area contributed by atoms with Gasteiger partial charge in [0.05, 0.1) is 6.10 Å². The number of hydrogen-bond acceptors (Lipinski definition) is 2. The van der Waals surface area contributed by atoms with Crippen molar-refractivity contribution in [2.45, 2.75) is 31.9 Å². The molecule has 0 radical (unpaired) electrons. The summed E-state index contributed by atoms with van der Waals surface area (Å²) in [6.45, 7) is 2.00. The molecule has 2 N–H and O–H groups in total. The summed E-state index contributed by atoms with van der Waals surface area (Å²) < 4.78 is 5.75. The van der Waals surface area contributed by atoms with Crippen molar-refractivity contribution in [3.8, 4) is 16.9 Å². The van der Waals surface area contributed by atoms with E-state index in [1.165, 1.54) is 24.0 Å². The highest BCUT2D eigenvalue weighted by atomic mass is 16.5. The SMILES string of the molecule is CC(N)c1ccc(-c2ccc(OC3CC3)cc2)cc1. The molecule has 2 aromatic rings. The van der Waals surface area contributed by atoms with Crippen LogP contribution in [0.3, 0.4) is 0 Å². The van der Waals surface area contributed by atoms with E-state index in [0.717, 1.165) is 11.3 Å². The predicted octanol–water partition coefficient (Wildman–Crippen LogP) is 3.91. The molecule has 0 spiro atoms. The molecule has 1 fully saturated rings. The quantitative estimate of drug-likeness (QED) is 0.896. The Kier molecular flexibility index (Phi) is 3.26. The van der Waals surface area contributed by atoms with E-state index in [-0.39, 0.29) is 6.04 Å². The molecule has 19 heavy (non-hydrogen) atoms. The van der Waals surface area contributed by atoms with E-state index in [9.17, 15) is 0 Å². The van der Waals surface area contributed by atoms with Gasteiger partial charge in [0.2, 0.25) is 0 Å². The van der Waals surface area contributed by atoms with E-state index in [1.54, 1.807) is 0 Å². The van der Waals surface area contributed by atoms with Gasteiger partial charge in [-0.25, -0.2) is 0 Å². The van der Waals surface area contributed by atoms with E-state index in [4.69, 9.17) is 10.5 Å². The molecule has 0 aromatic heterocycles. The fraction of sp³-hybridized carbons (Fsp3) is 0.294. The van der Waals surface area contributed by atoms with Gasteiger partial charge in [0.25, 0.3) is 0 Å². The zero-order valence-electron chi connectivity index (χ0n) is 11.2. The molecular formula is C17H19NO. The van der Waals surface area contributed by atoms with Crippen LogP contribution >= 0.6 is 0 Å². The number of hydrogen-bond donors (Lipinski definition) is 1. The third kappa shape index (κ3) is 2.96. The molecule has 2 heteroatoms. The molecule has 98 valence electrons. The third-order valence-corrected chi connectivity index (χ3v) is 3.45. The molecule has 0 bridgehead atoms. The Balaban J connectivity index is 1.76. The van der Waals surface area contributed by atoms with Crippen LogP contribution in [-0.2, 0) is 0 Å². The summed E-state index contributed by atoms with van der Waals surface area (Å²) in [7, 11) is 0. The number of ether oxygens (including phenoxy) is 1. The first-order valence-corrected chi connectivity index (χ1v) is 6.85. The van der Waals surface area contributed by atoms with Crippen LogP contribution in [0.25, 0.3) is 11.1 Å². The van der Waals surface area contributed by atoms with Gasteiger partial charge in [-0.2, -0.15) is 0 Å². The summed E-state index contributed by atoms with van der Waals surface area (Å²) in [6, 6.07) is 16.8. The Labute approximate surface area is 114 Å². The number of rotatable bonds is 4. The van der Waals surface area contributed by atoms with Crippen molar-refractivity contribution in [1.82, 2.24) is 0 Å². The molecule has 1 unspecified atom stereocenters. The molecule has 1 aliphatic carbocycles. The summed E-state index contributed by atoms with van der Waals surface area (Å²) in [5.74, 6) is 0.971. The smallest absolute Gasteiger partial charge is 0.119 e. The lowest BCUT2D eigenvalue weighted by atomic mass is 10.0.